The minimum Gasteiger partial charge on any atom is -0.504 e. The number of nitrogen functional groups attached to an aromatic ring is 1. The fraction of sp³-hybridized carbons (Fsp3) is 0.321. The molecule has 0 saturated carbocycles. The number of nitrogens with two attached hydrogens (primary N) is 1. The van der Waals surface area contributed by atoms with Gasteiger partial charge in [0.05, 0.1) is 23.4 Å². The van der Waals surface area contributed by atoms with Crippen molar-refractivity contribution in [2.75, 3.05) is 45.0 Å². The van der Waals surface area contributed by atoms with E-state index in [0.717, 1.165) is 41.8 Å². The number of aromatic hydroxyl groups is 2. The van der Waals surface area contributed by atoms with Crippen molar-refractivity contribution in [1.29, 1.82) is 0 Å². The topological polar surface area (TPSA) is 108 Å². The van der Waals surface area contributed by atoms with Crippen molar-refractivity contribution in [1.82, 2.24) is 10.2 Å². The number of fused-ring (bicyclic) bond motifs is 2. The maximum atomic E-state index is 11.9. The first-order valence-electron chi connectivity index (χ1n) is 12.0. The predicted molar refractivity (Wildman–Crippen MR) is 151 cm³/mol. The number of nitrogens with zero attached hydrogens (tertiary/aromatic N) is 1. The number of likely N-dealkylation sites (N-methyl/N-ethyl adjacent to an activating group) is 1. The summed E-state index contributed by atoms with van der Waals surface area (Å²) in [5.41, 5.74) is 12.1. The number of thioether (sulfide) groups is 1. The number of phenolic OH excluding ortho intramolecular Hbond substituents is 2. The van der Waals surface area contributed by atoms with Crippen LogP contribution in [0.3, 0.4) is 0 Å². The summed E-state index contributed by atoms with van der Waals surface area (Å²) in [5, 5.41) is 23.2. The number of carbonyl (C=O) groups is 1. The molecule has 7 nitrogen and oxygen atoms in total. The summed E-state index contributed by atoms with van der Waals surface area (Å²) >= 11 is 7.55. The third-order valence-electron chi connectivity index (χ3n) is 6.88. The van der Waals surface area contributed by atoms with Crippen LogP contribution in [0.4, 0.5) is 5.69 Å². The fourth-order valence-corrected chi connectivity index (χ4v) is 5.42. The van der Waals surface area contributed by atoms with E-state index in [2.05, 4.69) is 35.5 Å². The number of ether oxygens (including phenoxy) is 1. The Morgan fingerprint density at radius 3 is 2.76 bits per heavy atom. The molecule has 2 aliphatic rings. The van der Waals surface area contributed by atoms with Crippen molar-refractivity contribution < 1.29 is 19.7 Å². The molecule has 3 aromatic rings. The fourth-order valence-electron chi connectivity index (χ4n) is 4.95. The molecule has 3 aromatic carbocycles. The number of methoxy groups -OCH3 is 1. The number of halogens is 1. The molecule has 37 heavy (non-hydrogen) atoms. The highest BCUT2D eigenvalue weighted by Crippen LogP contribution is 2.49. The lowest BCUT2D eigenvalue weighted by molar-refractivity contribution is 0.0953. The minimum atomic E-state index is -0.210. The zero-order valence-corrected chi connectivity index (χ0v) is 22.7. The van der Waals surface area contributed by atoms with Gasteiger partial charge >= 0.3 is 0 Å². The molecule has 1 heterocycles. The lowest BCUT2D eigenvalue weighted by Gasteiger charge is -2.39. The van der Waals surface area contributed by atoms with E-state index in [1.165, 1.54) is 24.3 Å². The standard InChI is InChI=1S/C17H17NO2.C11H15ClN2O2S/c1-18-8-7-10-3-2-4-12-15(10)13(18)9-11-5-6-14(19)17(20)16(11)12;1-16-10-6-9(13)8(12)5-7(10)11(15)14-3-4-17-2/h2-6,13,19-20H,7-9H2,1H3;5-6H,3-4,13H2,1-2H3,(H,14,15)/t13-;/m1./s1. The first kappa shape index (κ1) is 27.0. The summed E-state index contributed by atoms with van der Waals surface area (Å²) in [5.74, 6) is 1.05. The van der Waals surface area contributed by atoms with Gasteiger partial charge in [0.15, 0.2) is 11.5 Å². The minimum absolute atomic E-state index is 0.0163. The van der Waals surface area contributed by atoms with Crippen LogP contribution in [-0.4, -0.2) is 60.3 Å². The summed E-state index contributed by atoms with van der Waals surface area (Å²) in [6.45, 7) is 1.67. The number of hydrogen-bond acceptors (Lipinski definition) is 7. The van der Waals surface area contributed by atoms with Crippen molar-refractivity contribution >= 4 is 35.0 Å². The van der Waals surface area contributed by atoms with Gasteiger partial charge in [0, 0.05) is 36.5 Å². The van der Waals surface area contributed by atoms with E-state index in [9.17, 15) is 15.0 Å². The van der Waals surface area contributed by atoms with Crippen LogP contribution < -0.4 is 15.8 Å². The highest BCUT2D eigenvalue weighted by molar-refractivity contribution is 7.98. The second-order valence-electron chi connectivity index (χ2n) is 9.12. The Morgan fingerprint density at radius 2 is 2.03 bits per heavy atom. The first-order valence-corrected chi connectivity index (χ1v) is 13.8. The second kappa shape index (κ2) is 11.5. The molecule has 1 aliphatic carbocycles. The van der Waals surface area contributed by atoms with Gasteiger partial charge in [0.1, 0.15) is 5.75 Å². The van der Waals surface area contributed by atoms with E-state index in [-0.39, 0.29) is 17.4 Å². The van der Waals surface area contributed by atoms with Crippen LogP contribution in [0.15, 0.2) is 42.5 Å². The molecule has 5 N–H and O–H groups in total. The average Bonchev–Trinajstić information content (AvgIpc) is 2.90. The summed E-state index contributed by atoms with van der Waals surface area (Å²) in [7, 11) is 3.65. The highest BCUT2D eigenvalue weighted by Gasteiger charge is 2.34. The molecule has 1 atom stereocenters. The number of phenols is 2. The molecular formula is C28H32ClN3O4S. The lowest BCUT2D eigenvalue weighted by atomic mass is 9.77. The molecule has 5 rings (SSSR count). The van der Waals surface area contributed by atoms with Crippen LogP contribution in [-0.2, 0) is 12.8 Å². The predicted octanol–water partition coefficient (Wildman–Crippen LogP) is 4.87. The molecule has 196 valence electrons. The molecule has 0 unspecified atom stereocenters. The number of carbonyl (C=O) groups excluding carboxylic acids is 1. The van der Waals surface area contributed by atoms with E-state index < -0.39 is 0 Å². The molecule has 0 aromatic heterocycles. The van der Waals surface area contributed by atoms with Crippen LogP contribution in [0.5, 0.6) is 17.2 Å². The lowest BCUT2D eigenvalue weighted by Crippen LogP contribution is -2.35. The Bertz CT molecular complexity index is 1320. The summed E-state index contributed by atoms with van der Waals surface area (Å²) in [6.07, 6.45) is 3.92. The van der Waals surface area contributed by atoms with Crippen LogP contribution in [0.1, 0.15) is 33.1 Å². The Balaban J connectivity index is 0.000000176. The molecule has 0 radical (unpaired) electrons. The SMILES string of the molecule is CN1CCc2cccc3c2[C@H]1Cc1ccc(O)c(O)c1-3.COc1cc(N)c(Cl)cc1C(=O)NCCSC. The number of amides is 1. The van der Waals surface area contributed by atoms with E-state index in [4.69, 9.17) is 22.1 Å². The van der Waals surface area contributed by atoms with Crippen molar-refractivity contribution in [3.05, 3.63) is 69.7 Å². The summed E-state index contributed by atoms with van der Waals surface area (Å²) in [6, 6.07) is 13.3. The molecule has 1 aliphatic heterocycles. The number of hydrogen-bond donors (Lipinski definition) is 4. The van der Waals surface area contributed by atoms with Crippen molar-refractivity contribution in [2.24, 2.45) is 0 Å². The molecule has 0 fully saturated rings. The second-order valence-corrected chi connectivity index (χ2v) is 10.5. The first-order chi connectivity index (χ1) is 17.8. The van der Waals surface area contributed by atoms with Crippen LogP contribution in [0.2, 0.25) is 5.02 Å². The van der Waals surface area contributed by atoms with Gasteiger partial charge in [-0.15, -0.1) is 0 Å². The molecule has 1 amide bonds. The highest BCUT2D eigenvalue weighted by atomic mass is 35.5. The van der Waals surface area contributed by atoms with E-state index in [1.54, 1.807) is 23.9 Å². The van der Waals surface area contributed by atoms with Gasteiger partial charge in [-0.3, -0.25) is 9.69 Å². The largest absolute Gasteiger partial charge is 0.504 e. The van der Waals surface area contributed by atoms with Crippen molar-refractivity contribution in [3.8, 4) is 28.4 Å². The van der Waals surface area contributed by atoms with Crippen LogP contribution in [0.25, 0.3) is 11.1 Å². The van der Waals surface area contributed by atoms with Gasteiger partial charge in [-0.1, -0.05) is 35.9 Å². The quantitative estimate of drug-likeness (QED) is 0.207. The average molecular weight is 542 g/mol. The normalized spacial score (nSPS) is 15.6. The maximum Gasteiger partial charge on any atom is 0.255 e. The number of rotatable bonds is 5. The van der Waals surface area contributed by atoms with Crippen molar-refractivity contribution in [2.45, 2.75) is 18.9 Å². The third-order valence-corrected chi connectivity index (χ3v) is 7.82. The van der Waals surface area contributed by atoms with Gasteiger partial charge in [-0.25, -0.2) is 0 Å². The smallest absolute Gasteiger partial charge is 0.255 e. The number of anilines is 1. The zero-order chi connectivity index (χ0) is 26.7. The van der Waals surface area contributed by atoms with Gasteiger partial charge in [-0.2, -0.15) is 11.8 Å². The van der Waals surface area contributed by atoms with E-state index in [0.29, 0.717) is 34.6 Å². The Kier molecular flexibility index (Phi) is 8.42. The Morgan fingerprint density at radius 1 is 1.24 bits per heavy atom. The number of benzene rings is 3. The van der Waals surface area contributed by atoms with Gasteiger partial charge < -0.3 is 26.0 Å². The van der Waals surface area contributed by atoms with Gasteiger partial charge in [-0.05, 0) is 60.5 Å². The summed E-state index contributed by atoms with van der Waals surface area (Å²) < 4.78 is 5.10. The maximum absolute atomic E-state index is 11.9. The monoisotopic (exact) mass is 541 g/mol. The number of nitrogens with one attached hydrogen (secondary N) is 1. The van der Waals surface area contributed by atoms with Gasteiger partial charge in [0.2, 0.25) is 0 Å². The van der Waals surface area contributed by atoms with Gasteiger partial charge in [0.25, 0.3) is 5.91 Å². The zero-order valence-electron chi connectivity index (χ0n) is 21.2. The summed E-state index contributed by atoms with van der Waals surface area (Å²) in [4.78, 5) is 14.3. The molecule has 9 heteroatoms. The van der Waals surface area contributed by atoms with E-state index in [1.807, 2.05) is 12.3 Å². The third kappa shape index (κ3) is 5.46. The van der Waals surface area contributed by atoms with E-state index >= 15 is 0 Å². The van der Waals surface area contributed by atoms with Crippen LogP contribution >= 0.6 is 23.4 Å². The Hall–Kier alpha value is -3.07. The molecule has 0 spiro atoms. The molecular weight excluding hydrogens is 510 g/mol. The molecule has 0 saturated heterocycles. The van der Waals surface area contributed by atoms with Crippen molar-refractivity contribution in [3.63, 3.8) is 0 Å². The van der Waals surface area contributed by atoms with Crippen LogP contribution in [0, 0.1) is 0 Å². The Labute approximate surface area is 226 Å². The molecule has 0 bridgehead atoms.